The molecule has 1 saturated carbocycles. The maximum absolute atomic E-state index is 11.7. The Labute approximate surface area is 104 Å². The first-order valence-electron chi connectivity index (χ1n) is 6.51. The van der Waals surface area contributed by atoms with Gasteiger partial charge in [0.05, 0.1) is 18.5 Å². The van der Waals surface area contributed by atoms with Gasteiger partial charge in [-0.1, -0.05) is 13.3 Å². The average molecular weight is 237 g/mol. The maximum atomic E-state index is 11.7. The van der Waals surface area contributed by atoms with Crippen LogP contribution < -0.4 is 5.32 Å². The van der Waals surface area contributed by atoms with E-state index >= 15 is 0 Å². The molecule has 1 aliphatic carbocycles. The van der Waals surface area contributed by atoms with Crippen LogP contribution in [0.4, 0.5) is 0 Å². The van der Waals surface area contributed by atoms with E-state index in [0.717, 1.165) is 25.8 Å². The molecular formula is C13H23N3O. The van der Waals surface area contributed by atoms with Gasteiger partial charge in [0.1, 0.15) is 0 Å². The van der Waals surface area contributed by atoms with Gasteiger partial charge >= 0.3 is 0 Å². The normalized spacial score (nSPS) is 24.0. The van der Waals surface area contributed by atoms with Crippen LogP contribution in [0.15, 0.2) is 0 Å². The number of amides is 1. The van der Waals surface area contributed by atoms with E-state index in [1.807, 2.05) is 13.8 Å². The van der Waals surface area contributed by atoms with Crippen molar-refractivity contribution in [3.8, 4) is 6.07 Å². The Kier molecular flexibility index (Phi) is 5.43. The Morgan fingerprint density at radius 3 is 2.76 bits per heavy atom. The number of carbonyl (C=O) groups excluding carboxylic acids is 1. The third-order valence-corrected chi connectivity index (χ3v) is 3.32. The first-order chi connectivity index (χ1) is 8.08. The van der Waals surface area contributed by atoms with E-state index in [9.17, 15) is 4.79 Å². The Morgan fingerprint density at radius 1 is 1.53 bits per heavy atom. The van der Waals surface area contributed by atoms with Crippen molar-refractivity contribution in [2.24, 2.45) is 5.92 Å². The predicted molar refractivity (Wildman–Crippen MR) is 67.3 cm³/mol. The average Bonchev–Trinajstić information content (AvgIpc) is 2.72. The molecule has 1 amide bonds. The minimum Gasteiger partial charge on any atom is -0.353 e. The molecule has 1 N–H and O–H groups in total. The van der Waals surface area contributed by atoms with E-state index in [4.69, 9.17) is 5.26 Å². The quantitative estimate of drug-likeness (QED) is 0.789. The van der Waals surface area contributed by atoms with Crippen molar-refractivity contribution < 1.29 is 4.79 Å². The van der Waals surface area contributed by atoms with Crippen molar-refractivity contribution in [1.82, 2.24) is 10.2 Å². The summed E-state index contributed by atoms with van der Waals surface area (Å²) < 4.78 is 0. The highest BCUT2D eigenvalue weighted by Gasteiger charge is 2.32. The van der Waals surface area contributed by atoms with Crippen LogP contribution >= 0.6 is 0 Å². The molecule has 2 unspecified atom stereocenters. The van der Waals surface area contributed by atoms with Crippen LogP contribution in [0, 0.1) is 17.2 Å². The number of likely N-dealkylation sites (N-methyl/N-ethyl adjacent to an activating group) is 1. The Hall–Kier alpha value is -1.08. The molecule has 1 aliphatic rings. The molecule has 0 aliphatic heterocycles. The lowest BCUT2D eigenvalue weighted by Gasteiger charge is -2.29. The number of rotatable bonds is 5. The maximum Gasteiger partial charge on any atom is 0.234 e. The number of carbonyl (C=O) groups is 1. The van der Waals surface area contributed by atoms with Crippen molar-refractivity contribution in [3.05, 3.63) is 0 Å². The van der Waals surface area contributed by atoms with Crippen molar-refractivity contribution in [1.29, 1.82) is 5.26 Å². The molecule has 0 radical (unpaired) electrons. The van der Waals surface area contributed by atoms with E-state index in [0.29, 0.717) is 6.54 Å². The van der Waals surface area contributed by atoms with E-state index in [-0.39, 0.29) is 23.9 Å². The van der Waals surface area contributed by atoms with Crippen LogP contribution in [0.25, 0.3) is 0 Å². The molecule has 0 aromatic rings. The monoisotopic (exact) mass is 237 g/mol. The van der Waals surface area contributed by atoms with Gasteiger partial charge in [-0.15, -0.1) is 0 Å². The van der Waals surface area contributed by atoms with E-state index in [1.165, 1.54) is 0 Å². The number of hydrogen-bond donors (Lipinski definition) is 1. The highest BCUT2D eigenvalue weighted by molar-refractivity contribution is 5.78. The Morgan fingerprint density at radius 2 is 2.24 bits per heavy atom. The summed E-state index contributed by atoms with van der Waals surface area (Å²) in [6.07, 6.45) is 3.12. The van der Waals surface area contributed by atoms with Gasteiger partial charge in [0.25, 0.3) is 0 Å². The second kappa shape index (κ2) is 6.61. The fraction of sp³-hybridized carbons (Fsp3) is 0.846. The lowest BCUT2D eigenvalue weighted by atomic mass is 10.0. The Balaban J connectivity index is 2.53. The van der Waals surface area contributed by atoms with Crippen molar-refractivity contribution >= 4 is 5.91 Å². The molecular weight excluding hydrogens is 214 g/mol. The first-order valence-corrected chi connectivity index (χ1v) is 6.51. The van der Waals surface area contributed by atoms with Crippen molar-refractivity contribution in [2.45, 2.75) is 52.1 Å². The summed E-state index contributed by atoms with van der Waals surface area (Å²) in [5, 5.41) is 12.0. The SMILES string of the molecule is CCN(CC(=O)NC(C)C)C1CCCC1C#N. The minimum absolute atomic E-state index is 0.0606. The van der Waals surface area contributed by atoms with Gasteiger partial charge in [0.15, 0.2) is 0 Å². The van der Waals surface area contributed by atoms with Crippen LogP contribution in [0.5, 0.6) is 0 Å². The second-order valence-corrected chi connectivity index (χ2v) is 5.02. The molecule has 0 aromatic heterocycles. The Bertz CT molecular complexity index is 296. The van der Waals surface area contributed by atoms with Crippen LogP contribution in [0.3, 0.4) is 0 Å². The number of nitrogens with zero attached hydrogens (tertiary/aromatic N) is 2. The largest absolute Gasteiger partial charge is 0.353 e. The fourth-order valence-corrected chi connectivity index (χ4v) is 2.54. The minimum atomic E-state index is 0.0606. The lowest BCUT2D eigenvalue weighted by molar-refractivity contribution is -0.123. The number of nitrogens with one attached hydrogen (secondary N) is 1. The summed E-state index contributed by atoms with van der Waals surface area (Å²) in [5.41, 5.74) is 0. The third kappa shape index (κ3) is 4.01. The molecule has 0 aromatic carbocycles. The van der Waals surface area contributed by atoms with Gasteiger partial charge < -0.3 is 5.32 Å². The van der Waals surface area contributed by atoms with Crippen LogP contribution in [0.1, 0.15) is 40.0 Å². The molecule has 2 atom stereocenters. The molecule has 0 saturated heterocycles. The van der Waals surface area contributed by atoms with Gasteiger partial charge in [-0.25, -0.2) is 0 Å². The highest BCUT2D eigenvalue weighted by atomic mass is 16.2. The van der Waals surface area contributed by atoms with Crippen molar-refractivity contribution in [2.75, 3.05) is 13.1 Å². The van der Waals surface area contributed by atoms with Crippen LogP contribution in [-0.4, -0.2) is 36.0 Å². The molecule has 0 spiro atoms. The lowest BCUT2D eigenvalue weighted by Crippen LogP contribution is -2.45. The predicted octanol–water partition coefficient (Wildman–Crippen LogP) is 1.53. The number of hydrogen-bond acceptors (Lipinski definition) is 3. The summed E-state index contributed by atoms with van der Waals surface area (Å²) in [6, 6.07) is 2.81. The summed E-state index contributed by atoms with van der Waals surface area (Å²) in [4.78, 5) is 13.9. The third-order valence-electron chi connectivity index (χ3n) is 3.32. The van der Waals surface area contributed by atoms with Crippen LogP contribution in [0.2, 0.25) is 0 Å². The van der Waals surface area contributed by atoms with E-state index in [1.54, 1.807) is 0 Å². The number of nitriles is 1. The summed E-state index contributed by atoms with van der Waals surface area (Å²) in [5.74, 6) is 0.159. The van der Waals surface area contributed by atoms with Gasteiger partial charge in [0, 0.05) is 12.1 Å². The fourth-order valence-electron chi connectivity index (χ4n) is 2.54. The summed E-state index contributed by atoms with van der Waals surface area (Å²) in [6.45, 7) is 7.21. The second-order valence-electron chi connectivity index (χ2n) is 5.02. The molecule has 4 nitrogen and oxygen atoms in total. The van der Waals surface area contributed by atoms with E-state index < -0.39 is 0 Å². The van der Waals surface area contributed by atoms with Gasteiger partial charge in [0.2, 0.25) is 5.91 Å². The van der Waals surface area contributed by atoms with E-state index in [2.05, 4.69) is 23.2 Å². The topological polar surface area (TPSA) is 56.1 Å². The zero-order valence-corrected chi connectivity index (χ0v) is 11.1. The molecule has 0 bridgehead atoms. The summed E-state index contributed by atoms with van der Waals surface area (Å²) in [7, 11) is 0. The molecule has 96 valence electrons. The zero-order chi connectivity index (χ0) is 12.8. The van der Waals surface area contributed by atoms with Gasteiger partial charge in [-0.3, -0.25) is 9.69 Å². The van der Waals surface area contributed by atoms with Gasteiger partial charge in [-0.05, 0) is 33.2 Å². The van der Waals surface area contributed by atoms with Crippen LogP contribution in [-0.2, 0) is 4.79 Å². The molecule has 4 heteroatoms. The zero-order valence-electron chi connectivity index (χ0n) is 11.1. The first kappa shape index (κ1) is 14.0. The molecule has 1 fully saturated rings. The van der Waals surface area contributed by atoms with Gasteiger partial charge in [-0.2, -0.15) is 5.26 Å². The molecule has 17 heavy (non-hydrogen) atoms. The molecule has 0 heterocycles. The molecule has 1 rings (SSSR count). The van der Waals surface area contributed by atoms with Crippen molar-refractivity contribution in [3.63, 3.8) is 0 Å². The standard InChI is InChI=1S/C13H23N3O/c1-4-16(9-13(17)15-10(2)3)12-7-5-6-11(12)8-14/h10-12H,4-7,9H2,1-3H3,(H,15,17). The summed E-state index contributed by atoms with van der Waals surface area (Å²) >= 11 is 0. The smallest absolute Gasteiger partial charge is 0.234 e. The highest BCUT2D eigenvalue weighted by Crippen LogP contribution is 2.29.